The first-order chi connectivity index (χ1) is 19.5. The van der Waals surface area contributed by atoms with E-state index in [1.807, 2.05) is 30.3 Å². The molecule has 2 heterocycles. The van der Waals surface area contributed by atoms with Crippen LogP contribution in [0.1, 0.15) is 64.2 Å². The molecule has 2 aromatic carbocycles. The van der Waals surface area contributed by atoms with Crippen molar-refractivity contribution in [3.8, 4) is 5.75 Å². The molecule has 40 heavy (non-hydrogen) atoms. The Morgan fingerprint density at radius 1 is 0.850 bits per heavy atom. The number of hydrogen-bond acceptors (Lipinski definition) is 8. The SMILES string of the molecule is COc1cccc2c1nc1ccccc1[n+]2CCCCCCCC(=O)CCOCCC(=O)ON1C(=O)CCC1=O. The molecular formula is C30H36N3O7+. The average Bonchev–Trinajstić information content (AvgIpc) is 3.27. The molecule has 0 atom stereocenters. The van der Waals surface area contributed by atoms with E-state index in [1.54, 1.807) is 7.11 Å². The summed E-state index contributed by atoms with van der Waals surface area (Å²) in [6, 6.07) is 14.2. The van der Waals surface area contributed by atoms with Gasteiger partial charge in [0.2, 0.25) is 11.0 Å². The Morgan fingerprint density at radius 2 is 1.55 bits per heavy atom. The number of fused-ring (bicyclic) bond motifs is 2. The Morgan fingerprint density at radius 3 is 2.35 bits per heavy atom. The number of methoxy groups -OCH3 is 1. The van der Waals surface area contributed by atoms with Gasteiger partial charge in [0, 0.05) is 44.2 Å². The predicted molar refractivity (Wildman–Crippen MR) is 146 cm³/mol. The molecule has 10 nitrogen and oxygen atoms in total. The number of imide groups is 1. The summed E-state index contributed by atoms with van der Waals surface area (Å²) < 4.78 is 13.2. The molecular weight excluding hydrogens is 514 g/mol. The molecule has 1 saturated heterocycles. The second-order valence-corrected chi connectivity index (χ2v) is 9.79. The summed E-state index contributed by atoms with van der Waals surface area (Å²) in [6.07, 6.45) is 5.80. The Balaban J connectivity index is 1.09. The molecule has 0 bridgehead atoms. The number of rotatable bonds is 16. The van der Waals surface area contributed by atoms with Gasteiger partial charge in [-0.15, -0.1) is 5.06 Å². The van der Waals surface area contributed by atoms with Gasteiger partial charge < -0.3 is 14.3 Å². The number of para-hydroxylation sites is 3. The topological polar surface area (TPSA) is 116 Å². The lowest BCUT2D eigenvalue weighted by Gasteiger charge is -2.12. The molecule has 0 spiro atoms. The summed E-state index contributed by atoms with van der Waals surface area (Å²) in [4.78, 5) is 56.4. The van der Waals surface area contributed by atoms with Crippen LogP contribution >= 0.6 is 0 Å². The molecule has 1 aliphatic heterocycles. The van der Waals surface area contributed by atoms with E-state index in [4.69, 9.17) is 19.3 Å². The fourth-order valence-corrected chi connectivity index (χ4v) is 4.78. The van der Waals surface area contributed by atoms with E-state index in [-0.39, 0.29) is 38.3 Å². The first-order valence-electron chi connectivity index (χ1n) is 13.9. The normalized spacial score (nSPS) is 13.4. The van der Waals surface area contributed by atoms with Crippen LogP contribution in [0.15, 0.2) is 42.5 Å². The highest BCUT2D eigenvalue weighted by Crippen LogP contribution is 2.24. The number of hydrogen-bond donors (Lipinski definition) is 0. The minimum absolute atomic E-state index is 0.0558. The third-order valence-corrected chi connectivity index (χ3v) is 6.91. The largest absolute Gasteiger partial charge is 0.494 e. The van der Waals surface area contributed by atoms with Crippen LogP contribution in [0.2, 0.25) is 0 Å². The molecule has 1 aromatic heterocycles. The zero-order valence-corrected chi connectivity index (χ0v) is 22.9. The van der Waals surface area contributed by atoms with Crippen LogP contribution in [0.5, 0.6) is 5.75 Å². The van der Waals surface area contributed by atoms with Gasteiger partial charge in [0.15, 0.2) is 11.3 Å². The van der Waals surface area contributed by atoms with Gasteiger partial charge in [-0.25, -0.2) is 9.78 Å². The Labute approximate surface area is 233 Å². The van der Waals surface area contributed by atoms with E-state index in [9.17, 15) is 19.2 Å². The third kappa shape index (κ3) is 7.59. The fraction of sp³-hybridized carbons (Fsp3) is 0.467. The van der Waals surface area contributed by atoms with Gasteiger partial charge in [-0.3, -0.25) is 14.4 Å². The lowest BCUT2D eigenvalue weighted by molar-refractivity contribution is -0.646. The number of carbonyl (C=O) groups is 4. The molecule has 0 saturated carbocycles. The van der Waals surface area contributed by atoms with E-state index in [0.29, 0.717) is 17.9 Å². The summed E-state index contributed by atoms with van der Waals surface area (Å²) in [6.45, 7) is 1.17. The Bertz CT molecular complexity index is 1360. The maximum atomic E-state index is 12.1. The molecule has 2 amide bonds. The molecule has 3 aromatic rings. The van der Waals surface area contributed by atoms with Crippen molar-refractivity contribution < 1.29 is 38.1 Å². The van der Waals surface area contributed by atoms with E-state index in [0.717, 1.165) is 66.5 Å². The van der Waals surface area contributed by atoms with Crippen molar-refractivity contribution in [1.29, 1.82) is 0 Å². The molecule has 0 aliphatic carbocycles. The number of benzene rings is 2. The number of ether oxygens (including phenoxy) is 2. The standard InChI is InChI=1S/C30H36N3O7/c1-38-26-14-9-13-25-30(26)31-23-11-6-7-12-24(23)32(25)19-8-4-2-3-5-10-22(34)17-20-39-21-18-29(37)40-33-27(35)15-16-28(33)36/h6-7,9,11-14H,2-5,8,10,15-21H2,1H3/q+1. The smallest absolute Gasteiger partial charge is 0.335 e. The maximum absolute atomic E-state index is 12.1. The van der Waals surface area contributed by atoms with Gasteiger partial charge in [-0.2, -0.15) is 4.57 Å². The fourth-order valence-electron chi connectivity index (χ4n) is 4.78. The number of ketones is 1. The van der Waals surface area contributed by atoms with E-state index in [2.05, 4.69) is 16.7 Å². The predicted octanol–water partition coefficient (Wildman–Crippen LogP) is 4.00. The highest BCUT2D eigenvalue weighted by atomic mass is 16.7. The zero-order valence-electron chi connectivity index (χ0n) is 22.9. The number of nitrogens with zero attached hydrogens (tertiary/aromatic N) is 3. The minimum Gasteiger partial charge on any atom is -0.494 e. The quantitative estimate of drug-likeness (QED) is 0.114. The highest BCUT2D eigenvalue weighted by Gasteiger charge is 2.32. The van der Waals surface area contributed by atoms with Crippen molar-refractivity contribution >= 4 is 45.6 Å². The van der Waals surface area contributed by atoms with Gasteiger partial charge >= 0.3 is 5.97 Å². The van der Waals surface area contributed by atoms with Crippen molar-refractivity contribution in [1.82, 2.24) is 10.0 Å². The summed E-state index contributed by atoms with van der Waals surface area (Å²) in [5, 5.41) is 0.519. The molecule has 0 radical (unpaired) electrons. The first-order valence-corrected chi connectivity index (χ1v) is 13.9. The number of aromatic nitrogens is 2. The summed E-state index contributed by atoms with van der Waals surface area (Å²) in [5.41, 5.74) is 3.96. The number of amides is 2. The van der Waals surface area contributed by atoms with Crippen LogP contribution in [0.3, 0.4) is 0 Å². The first kappa shape index (κ1) is 29.1. The number of hydroxylamine groups is 2. The van der Waals surface area contributed by atoms with Gasteiger partial charge in [0.1, 0.15) is 17.8 Å². The lowest BCUT2D eigenvalue weighted by atomic mass is 10.1. The van der Waals surface area contributed by atoms with Crippen molar-refractivity contribution in [2.45, 2.75) is 70.8 Å². The number of carbonyl (C=O) groups excluding carboxylic acids is 4. The van der Waals surface area contributed by atoms with Crippen LogP contribution in [0, 0.1) is 0 Å². The zero-order chi connectivity index (χ0) is 28.3. The van der Waals surface area contributed by atoms with Crippen molar-refractivity contribution in [3.05, 3.63) is 42.5 Å². The van der Waals surface area contributed by atoms with Crippen molar-refractivity contribution in [3.63, 3.8) is 0 Å². The minimum atomic E-state index is -0.710. The monoisotopic (exact) mass is 550 g/mol. The summed E-state index contributed by atoms with van der Waals surface area (Å²) in [5.74, 6) is -0.836. The van der Waals surface area contributed by atoms with Gasteiger partial charge in [0.25, 0.3) is 11.8 Å². The molecule has 0 unspecified atom stereocenters. The number of unbranched alkanes of at least 4 members (excludes halogenated alkanes) is 4. The molecule has 1 aliphatic rings. The Kier molecular flexibility index (Phi) is 10.5. The van der Waals surface area contributed by atoms with Crippen LogP contribution in [0.4, 0.5) is 0 Å². The van der Waals surface area contributed by atoms with E-state index < -0.39 is 17.8 Å². The van der Waals surface area contributed by atoms with E-state index in [1.165, 1.54) is 0 Å². The maximum Gasteiger partial charge on any atom is 0.335 e. The number of Topliss-reactive ketones (excluding diaryl/α,β-unsaturated/α-hetero) is 1. The molecule has 1 fully saturated rings. The third-order valence-electron chi connectivity index (χ3n) is 6.91. The molecule has 212 valence electrons. The van der Waals surface area contributed by atoms with Crippen LogP contribution in [-0.2, 0) is 35.3 Å². The van der Waals surface area contributed by atoms with Crippen molar-refractivity contribution in [2.75, 3.05) is 20.3 Å². The second-order valence-electron chi connectivity index (χ2n) is 9.79. The molecule has 10 heteroatoms. The van der Waals surface area contributed by atoms with Crippen molar-refractivity contribution in [2.24, 2.45) is 0 Å². The van der Waals surface area contributed by atoms with Crippen LogP contribution in [-0.4, -0.2) is 53.9 Å². The summed E-state index contributed by atoms with van der Waals surface area (Å²) in [7, 11) is 1.67. The second kappa shape index (κ2) is 14.5. The van der Waals surface area contributed by atoms with Gasteiger partial charge in [0.05, 0.1) is 26.7 Å². The number of aryl methyl sites for hydroxylation is 1. The van der Waals surface area contributed by atoms with Gasteiger partial charge in [-0.1, -0.05) is 31.0 Å². The molecule has 0 N–H and O–H groups in total. The van der Waals surface area contributed by atoms with Gasteiger partial charge in [-0.05, 0) is 25.0 Å². The lowest BCUT2D eigenvalue weighted by Crippen LogP contribution is -2.36. The average molecular weight is 551 g/mol. The Hall–Kier alpha value is -3.92. The van der Waals surface area contributed by atoms with Crippen LogP contribution in [0.25, 0.3) is 22.1 Å². The summed E-state index contributed by atoms with van der Waals surface area (Å²) >= 11 is 0. The van der Waals surface area contributed by atoms with E-state index >= 15 is 0 Å². The van der Waals surface area contributed by atoms with Crippen LogP contribution < -0.4 is 9.30 Å². The highest BCUT2D eigenvalue weighted by molar-refractivity contribution is 6.01. The molecule has 4 rings (SSSR count).